The normalized spacial score (nSPS) is 12.2. The van der Waals surface area contributed by atoms with Crippen molar-refractivity contribution in [2.75, 3.05) is 0 Å². The van der Waals surface area contributed by atoms with Crippen LogP contribution in [0.2, 0.25) is 0 Å². The molecule has 1 atom stereocenters. The van der Waals surface area contributed by atoms with E-state index < -0.39 is 0 Å². The molecule has 1 aromatic heterocycles. The third-order valence-corrected chi connectivity index (χ3v) is 1.40. The molecular weight excluding hydrogens is 150 g/mol. The van der Waals surface area contributed by atoms with Gasteiger partial charge in [0.05, 0.1) is 6.04 Å². The Morgan fingerprint density at radius 2 is 2.00 bits per heavy atom. The molecule has 1 unspecified atom stereocenters. The molecule has 0 saturated carbocycles. The van der Waals surface area contributed by atoms with Gasteiger partial charge in [0.1, 0.15) is 5.82 Å². The molecular formula is C9H13N3. The van der Waals surface area contributed by atoms with E-state index >= 15 is 0 Å². The molecule has 0 aliphatic heterocycles. The van der Waals surface area contributed by atoms with E-state index in [9.17, 15) is 0 Å². The second kappa shape index (κ2) is 3.97. The van der Waals surface area contributed by atoms with Gasteiger partial charge in [0.25, 0.3) is 0 Å². The number of aromatic nitrogens is 2. The molecule has 0 radical (unpaired) electrons. The number of hydrogen-bond acceptors (Lipinski definition) is 3. The summed E-state index contributed by atoms with van der Waals surface area (Å²) in [5.41, 5.74) is 6.97. The average molecular weight is 163 g/mol. The van der Waals surface area contributed by atoms with Crippen LogP contribution in [0.15, 0.2) is 30.1 Å². The van der Waals surface area contributed by atoms with Crippen LogP contribution in [-0.4, -0.2) is 9.97 Å². The Labute approximate surface area is 72.3 Å². The second-order valence-electron chi connectivity index (χ2n) is 2.88. The third kappa shape index (κ3) is 2.43. The van der Waals surface area contributed by atoms with Crippen molar-refractivity contribution in [2.24, 2.45) is 5.73 Å². The zero-order chi connectivity index (χ0) is 8.97. The van der Waals surface area contributed by atoms with Crippen LogP contribution in [0.3, 0.4) is 0 Å². The summed E-state index contributed by atoms with van der Waals surface area (Å²) >= 11 is 0. The summed E-state index contributed by atoms with van der Waals surface area (Å²) in [6.45, 7) is 4.01. The number of rotatable bonds is 2. The number of nitrogens with zero attached hydrogens (tertiary/aromatic N) is 2. The molecule has 0 amide bonds. The molecule has 0 aromatic carbocycles. The first kappa shape index (κ1) is 8.87. The summed E-state index contributed by atoms with van der Waals surface area (Å²) in [4.78, 5) is 8.10. The second-order valence-corrected chi connectivity index (χ2v) is 2.88. The molecule has 1 heterocycles. The molecule has 0 fully saturated rings. The van der Waals surface area contributed by atoms with Gasteiger partial charge in [-0.3, -0.25) is 0 Å². The van der Waals surface area contributed by atoms with Crippen molar-refractivity contribution in [2.45, 2.75) is 19.9 Å². The molecule has 1 aromatic rings. The first-order chi connectivity index (χ1) is 5.70. The molecule has 2 N–H and O–H groups in total. The monoisotopic (exact) mass is 163 g/mol. The summed E-state index contributed by atoms with van der Waals surface area (Å²) in [6.07, 6.45) is 5.33. The molecule has 0 aliphatic rings. The predicted octanol–water partition coefficient (Wildman–Crippen LogP) is 1.44. The summed E-state index contributed by atoms with van der Waals surface area (Å²) in [5, 5.41) is 0. The molecule has 3 heteroatoms. The minimum absolute atomic E-state index is 0.184. The SMILES string of the molecule is CC(C)=CC(N)c1ncccn1. The highest BCUT2D eigenvalue weighted by Gasteiger charge is 2.03. The van der Waals surface area contributed by atoms with Crippen molar-refractivity contribution in [1.82, 2.24) is 9.97 Å². The van der Waals surface area contributed by atoms with Gasteiger partial charge in [-0.1, -0.05) is 11.6 Å². The maximum absolute atomic E-state index is 5.79. The van der Waals surface area contributed by atoms with Crippen molar-refractivity contribution in [1.29, 1.82) is 0 Å². The zero-order valence-electron chi connectivity index (χ0n) is 7.36. The number of hydrogen-bond donors (Lipinski definition) is 1. The summed E-state index contributed by atoms with van der Waals surface area (Å²) < 4.78 is 0. The molecule has 0 aliphatic carbocycles. The van der Waals surface area contributed by atoms with Gasteiger partial charge in [-0.05, 0) is 19.9 Å². The van der Waals surface area contributed by atoms with Crippen LogP contribution in [0, 0.1) is 0 Å². The van der Waals surface area contributed by atoms with E-state index in [1.54, 1.807) is 18.5 Å². The van der Waals surface area contributed by atoms with Crippen molar-refractivity contribution in [3.63, 3.8) is 0 Å². The van der Waals surface area contributed by atoms with Gasteiger partial charge in [0.2, 0.25) is 0 Å². The average Bonchev–Trinajstić information content (AvgIpc) is 2.05. The van der Waals surface area contributed by atoms with Crippen LogP contribution in [0.4, 0.5) is 0 Å². The fourth-order valence-electron chi connectivity index (χ4n) is 0.916. The van der Waals surface area contributed by atoms with Crippen LogP contribution in [-0.2, 0) is 0 Å². The highest BCUT2D eigenvalue weighted by atomic mass is 14.9. The minimum Gasteiger partial charge on any atom is -0.318 e. The van der Waals surface area contributed by atoms with Gasteiger partial charge in [0.15, 0.2) is 0 Å². The van der Waals surface area contributed by atoms with Crippen molar-refractivity contribution in [3.05, 3.63) is 35.9 Å². The minimum atomic E-state index is -0.184. The van der Waals surface area contributed by atoms with Gasteiger partial charge in [-0.15, -0.1) is 0 Å². The van der Waals surface area contributed by atoms with E-state index in [0.717, 1.165) is 0 Å². The number of allylic oxidation sites excluding steroid dienone is 1. The van der Waals surface area contributed by atoms with Crippen LogP contribution >= 0.6 is 0 Å². The van der Waals surface area contributed by atoms with Crippen LogP contribution in [0.1, 0.15) is 25.7 Å². The quantitative estimate of drug-likeness (QED) is 0.671. The van der Waals surface area contributed by atoms with E-state index in [2.05, 4.69) is 9.97 Å². The Hall–Kier alpha value is -1.22. The Morgan fingerprint density at radius 3 is 2.50 bits per heavy atom. The predicted molar refractivity (Wildman–Crippen MR) is 48.4 cm³/mol. The Kier molecular flexibility index (Phi) is 2.94. The van der Waals surface area contributed by atoms with Gasteiger partial charge in [0, 0.05) is 12.4 Å². The lowest BCUT2D eigenvalue weighted by Gasteiger charge is -2.04. The van der Waals surface area contributed by atoms with Gasteiger partial charge < -0.3 is 5.73 Å². The topological polar surface area (TPSA) is 51.8 Å². The molecule has 1 rings (SSSR count). The molecule has 64 valence electrons. The third-order valence-electron chi connectivity index (χ3n) is 1.40. The van der Waals surface area contributed by atoms with Crippen LogP contribution in [0.25, 0.3) is 0 Å². The first-order valence-corrected chi connectivity index (χ1v) is 3.87. The maximum atomic E-state index is 5.79. The number of nitrogens with two attached hydrogens (primary N) is 1. The fourth-order valence-corrected chi connectivity index (χ4v) is 0.916. The van der Waals surface area contributed by atoms with Crippen molar-refractivity contribution < 1.29 is 0 Å². The zero-order valence-corrected chi connectivity index (χ0v) is 7.36. The van der Waals surface area contributed by atoms with Gasteiger partial charge in [-0.2, -0.15) is 0 Å². The summed E-state index contributed by atoms with van der Waals surface area (Å²) in [7, 11) is 0. The lowest BCUT2D eigenvalue weighted by molar-refractivity contribution is 0.800. The highest BCUT2D eigenvalue weighted by molar-refractivity contribution is 5.08. The molecule has 0 bridgehead atoms. The smallest absolute Gasteiger partial charge is 0.148 e. The van der Waals surface area contributed by atoms with E-state index in [1.165, 1.54) is 5.57 Å². The van der Waals surface area contributed by atoms with E-state index in [0.29, 0.717) is 5.82 Å². The Bertz CT molecular complexity index is 262. The molecule has 0 spiro atoms. The first-order valence-electron chi connectivity index (χ1n) is 3.87. The van der Waals surface area contributed by atoms with Crippen molar-refractivity contribution >= 4 is 0 Å². The highest BCUT2D eigenvalue weighted by Crippen LogP contribution is 2.06. The van der Waals surface area contributed by atoms with Crippen LogP contribution < -0.4 is 5.73 Å². The Balaban J connectivity index is 2.79. The lowest BCUT2D eigenvalue weighted by Crippen LogP contribution is -2.11. The Morgan fingerprint density at radius 1 is 1.42 bits per heavy atom. The van der Waals surface area contributed by atoms with E-state index in [-0.39, 0.29) is 6.04 Å². The largest absolute Gasteiger partial charge is 0.318 e. The van der Waals surface area contributed by atoms with Crippen LogP contribution in [0.5, 0.6) is 0 Å². The van der Waals surface area contributed by atoms with E-state index in [1.807, 2.05) is 19.9 Å². The molecule has 0 saturated heterocycles. The fraction of sp³-hybridized carbons (Fsp3) is 0.333. The van der Waals surface area contributed by atoms with Gasteiger partial charge in [-0.25, -0.2) is 9.97 Å². The van der Waals surface area contributed by atoms with Gasteiger partial charge >= 0.3 is 0 Å². The summed E-state index contributed by atoms with van der Waals surface area (Å²) in [6, 6.07) is 1.59. The van der Waals surface area contributed by atoms with Crippen molar-refractivity contribution in [3.8, 4) is 0 Å². The molecule has 12 heavy (non-hydrogen) atoms. The summed E-state index contributed by atoms with van der Waals surface area (Å²) in [5.74, 6) is 0.665. The maximum Gasteiger partial charge on any atom is 0.148 e. The standard InChI is InChI=1S/C9H13N3/c1-7(2)6-8(10)9-11-4-3-5-12-9/h3-6,8H,10H2,1-2H3. The molecule has 3 nitrogen and oxygen atoms in total. The lowest BCUT2D eigenvalue weighted by atomic mass is 10.2. The van der Waals surface area contributed by atoms with E-state index in [4.69, 9.17) is 5.73 Å².